The van der Waals surface area contributed by atoms with Crippen LogP contribution in [0, 0.1) is 6.92 Å². The van der Waals surface area contributed by atoms with Crippen LogP contribution in [0.25, 0.3) is 0 Å². The van der Waals surface area contributed by atoms with Gasteiger partial charge in [0.25, 0.3) is 0 Å². The second-order valence-electron chi connectivity index (χ2n) is 1.96. The highest BCUT2D eigenvalue weighted by atomic mass is 16.3. The fourth-order valence-electron chi connectivity index (χ4n) is 0.627. The van der Waals surface area contributed by atoms with Crippen molar-refractivity contribution in [1.29, 1.82) is 0 Å². The van der Waals surface area contributed by atoms with Gasteiger partial charge >= 0.3 is 0 Å². The maximum atomic E-state index is 8.90. The van der Waals surface area contributed by atoms with Crippen molar-refractivity contribution < 1.29 is 15.3 Å². The number of rotatable bonds is 0. The van der Waals surface area contributed by atoms with Crippen molar-refractivity contribution in [1.82, 2.24) is 0 Å². The Kier molecular flexibility index (Phi) is 1.41. The molecule has 0 saturated heterocycles. The summed E-state index contributed by atoms with van der Waals surface area (Å²) in [6.07, 6.45) is 0. The lowest BCUT2D eigenvalue weighted by molar-refractivity contribution is 0.425. The first-order valence-electron chi connectivity index (χ1n) is 2.68. The van der Waals surface area contributed by atoms with E-state index in [0.29, 0.717) is 0 Å². The first-order chi connectivity index (χ1) is 4.61. The minimum absolute atomic E-state index is 0.123. The van der Waals surface area contributed by atoms with E-state index in [4.69, 9.17) is 15.3 Å². The molecule has 0 aliphatic carbocycles. The first-order valence-corrected chi connectivity index (χ1v) is 2.68. The van der Waals surface area contributed by atoms with Crippen LogP contribution in [0.2, 0.25) is 0 Å². The standard InChI is InChI=1S/C7H7O3/c1-4-6(9)2-5(8)3-7(4)10/h2-3,8-10H,1H2. The van der Waals surface area contributed by atoms with Crippen LogP contribution in [-0.4, -0.2) is 15.3 Å². The Labute approximate surface area is 58.2 Å². The lowest BCUT2D eigenvalue weighted by Crippen LogP contribution is -1.75. The van der Waals surface area contributed by atoms with Crippen LogP contribution in [0.1, 0.15) is 5.56 Å². The zero-order valence-corrected chi connectivity index (χ0v) is 5.20. The summed E-state index contributed by atoms with van der Waals surface area (Å²) < 4.78 is 0. The van der Waals surface area contributed by atoms with Crippen molar-refractivity contribution in [3.8, 4) is 17.2 Å². The minimum atomic E-state index is -0.211. The Morgan fingerprint density at radius 3 is 1.80 bits per heavy atom. The van der Waals surface area contributed by atoms with Crippen LogP contribution in [0.4, 0.5) is 0 Å². The number of benzene rings is 1. The molecule has 0 spiro atoms. The zero-order chi connectivity index (χ0) is 7.72. The van der Waals surface area contributed by atoms with E-state index in [1.807, 2.05) is 0 Å². The van der Waals surface area contributed by atoms with E-state index < -0.39 is 0 Å². The van der Waals surface area contributed by atoms with Gasteiger partial charge in [0, 0.05) is 17.7 Å². The summed E-state index contributed by atoms with van der Waals surface area (Å²) in [7, 11) is 0. The van der Waals surface area contributed by atoms with Gasteiger partial charge in [-0.2, -0.15) is 0 Å². The number of aromatic hydroxyl groups is 3. The largest absolute Gasteiger partial charge is 0.508 e. The number of hydrogen-bond donors (Lipinski definition) is 3. The highest BCUT2D eigenvalue weighted by molar-refractivity contribution is 5.49. The Balaban J connectivity index is 3.31. The van der Waals surface area contributed by atoms with E-state index in [0.717, 1.165) is 12.1 Å². The fraction of sp³-hybridized carbons (Fsp3) is 0. The molecule has 0 unspecified atom stereocenters. The van der Waals surface area contributed by atoms with Crippen molar-refractivity contribution >= 4 is 0 Å². The summed E-state index contributed by atoms with van der Waals surface area (Å²) in [5, 5.41) is 26.6. The van der Waals surface area contributed by atoms with Gasteiger partial charge in [0.2, 0.25) is 0 Å². The van der Waals surface area contributed by atoms with Gasteiger partial charge < -0.3 is 15.3 Å². The van der Waals surface area contributed by atoms with Crippen molar-refractivity contribution in [3.63, 3.8) is 0 Å². The smallest absolute Gasteiger partial charge is 0.126 e. The molecule has 0 bridgehead atoms. The molecular formula is C7H7O3. The van der Waals surface area contributed by atoms with Gasteiger partial charge in [-0.15, -0.1) is 0 Å². The maximum Gasteiger partial charge on any atom is 0.126 e. The van der Waals surface area contributed by atoms with E-state index in [1.54, 1.807) is 0 Å². The van der Waals surface area contributed by atoms with Crippen LogP contribution >= 0.6 is 0 Å². The molecule has 0 aromatic heterocycles. The normalized spacial score (nSPS) is 9.70. The van der Waals surface area contributed by atoms with E-state index in [9.17, 15) is 0 Å². The molecule has 1 aromatic rings. The van der Waals surface area contributed by atoms with Gasteiger partial charge in [0.1, 0.15) is 17.2 Å². The topological polar surface area (TPSA) is 60.7 Å². The summed E-state index contributed by atoms with van der Waals surface area (Å²) in [4.78, 5) is 0. The maximum absolute atomic E-state index is 8.90. The average Bonchev–Trinajstić information content (AvgIpc) is 1.82. The number of phenolic OH excluding ortho intramolecular Hbond substituents is 3. The van der Waals surface area contributed by atoms with Crippen LogP contribution in [0.15, 0.2) is 12.1 Å². The Bertz CT molecular complexity index is 232. The van der Waals surface area contributed by atoms with E-state index in [1.165, 1.54) is 0 Å². The Morgan fingerprint density at radius 1 is 1.00 bits per heavy atom. The highest BCUT2D eigenvalue weighted by Crippen LogP contribution is 2.30. The second-order valence-corrected chi connectivity index (χ2v) is 1.96. The number of phenols is 3. The molecule has 0 aliphatic heterocycles. The van der Waals surface area contributed by atoms with E-state index >= 15 is 0 Å². The number of hydrogen-bond acceptors (Lipinski definition) is 3. The predicted octanol–water partition coefficient (Wildman–Crippen LogP) is 0.986. The third kappa shape index (κ3) is 0.978. The van der Waals surface area contributed by atoms with Crippen LogP contribution < -0.4 is 0 Å². The lowest BCUT2D eigenvalue weighted by Gasteiger charge is -2.00. The second kappa shape index (κ2) is 2.10. The van der Waals surface area contributed by atoms with Gasteiger partial charge in [0.05, 0.1) is 0 Å². The molecule has 0 fully saturated rings. The molecule has 1 aromatic carbocycles. The SMILES string of the molecule is [CH2]c1c(O)cc(O)cc1O. The summed E-state index contributed by atoms with van der Waals surface area (Å²) in [6, 6.07) is 2.23. The monoisotopic (exact) mass is 139 g/mol. The zero-order valence-electron chi connectivity index (χ0n) is 5.20. The van der Waals surface area contributed by atoms with Crippen molar-refractivity contribution in [2.75, 3.05) is 0 Å². The van der Waals surface area contributed by atoms with Gasteiger partial charge in [0.15, 0.2) is 0 Å². The Hall–Kier alpha value is -1.38. The minimum Gasteiger partial charge on any atom is -0.508 e. The van der Waals surface area contributed by atoms with Crippen LogP contribution in [0.5, 0.6) is 17.2 Å². The summed E-state index contributed by atoms with van der Waals surface area (Å²) in [5.74, 6) is -0.600. The van der Waals surface area contributed by atoms with Crippen LogP contribution in [0.3, 0.4) is 0 Å². The van der Waals surface area contributed by atoms with Crippen molar-refractivity contribution in [2.24, 2.45) is 0 Å². The molecule has 10 heavy (non-hydrogen) atoms. The van der Waals surface area contributed by atoms with Gasteiger partial charge in [-0.1, -0.05) is 0 Å². The molecular weight excluding hydrogens is 132 g/mol. The third-order valence-electron chi connectivity index (χ3n) is 1.19. The average molecular weight is 139 g/mol. The molecule has 3 nitrogen and oxygen atoms in total. The van der Waals surface area contributed by atoms with Crippen LogP contribution in [-0.2, 0) is 0 Å². The molecule has 53 valence electrons. The molecule has 0 amide bonds. The molecule has 3 heteroatoms. The predicted molar refractivity (Wildman–Crippen MR) is 35.9 cm³/mol. The van der Waals surface area contributed by atoms with Gasteiger partial charge in [-0.25, -0.2) is 0 Å². The molecule has 0 atom stereocenters. The van der Waals surface area contributed by atoms with Crippen molar-refractivity contribution in [3.05, 3.63) is 24.6 Å². The summed E-state index contributed by atoms with van der Waals surface area (Å²) >= 11 is 0. The summed E-state index contributed by atoms with van der Waals surface area (Å²) in [5.41, 5.74) is 0.123. The fourth-order valence-corrected chi connectivity index (χ4v) is 0.627. The molecule has 0 heterocycles. The highest BCUT2D eigenvalue weighted by Gasteiger charge is 2.02. The Morgan fingerprint density at radius 2 is 1.40 bits per heavy atom. The third-order valence-corrected chi connectivity index (χ3v) is 1.19. The van der Waals surface area contributed by atoms with Crippen molar-refractivity contribution in [2.45, 2.75) is 0 Å². The van der Waals surface area contributed by atoms with Gasteiger partial charge in [-0.05, 0) is 6.92 Å². The molecule has 1 radical (unpaired) electrons. The summed E-state index contributed by atoms with van der Waals surface area (Å²) in [6.45, 7) is 3.35. The molecule has 0 saturated carbocycles. The molecule has 3 N–H and O–H groups in total. The van der Waals surface area contributed by atoms with E-state index in [-0.39, 0.29) is 22.8 Å². The quantitative estimate of drug-likeness (QED) is 0.502. The lowest BCUT2D eigenvalue weighted by atomic mass is 10.2. The first kappa shape index (κ1) is 6.74. The van der Waals surface area contributed by atoms with E-state index in [2.05, 4.69) is 6.92 Å². The molecule has 0 aliphatic rings. The van der Waals surface area contributed by atoms with Gasteiger partial charge in [-0.3, -0.25) is 0 Å². The molecule has 1 rings (SSSR count).